The molecule has 6 rings (SSSR count). The number of rotatable bonds is 5. The summed E-state index contributed by atoms with van der Waals surface area (Å²) in [6.07, 6.45) is 1.76. The van der Waals surface area contributed by atoms with Crippen LogP contribution in [-0.2, 0) is 14.4 Å². The van der Waals surface area contributed by atoms with Crippen LogP contribution in [0.5, 0.6) is 0 Å². The van der Waals surface area contributed by atoms with Crippen LogP contribution in [0.25, 0.3) is 32.5 Å². The Balaban J connectivity index is 1.41. The van der Waals surface area contributed by atoms with Crippen molar-refractivity contribution >= 4 is 50.1 Å². The van der Waals surface area contributed by atoms with E-state index in [1.165, 1.54) is 23.5 Å². The molecular formula is C22H21N7O4S. The average molecular weight is 480 g/mol. The van der Waals surface area contributed by atoms with Crippen molar-refractivity contribution in [2.24, 2.45) is 0 Å². The zero-order chi connectivity index (χ0) is 23.2. The molecule has 0 saturated carbocycles. The molecule has 0 radical (unpaired) electrons. The predicted molar refractivity (Wildman–Crippen MR) is 126 cm³/mol. The number of aromatic amines is 1. The van der Waals surface area contributed by atoms with Crippen LogP contribution in [0.1, 0.15) is 9.67 Å². The van der Waals surface area contributed by atoms with Crippen molar-refractivity contribution in [3.05, 3.63) is 35.3 Å². The van der Waals surface area contributed by atoms with Gasteiger partial charge in [0.2, 0.25) is 0 Å². The lowest BCUT2D eigenvalue weighted by molar-refractivity contribution is -0.202. The molecule has 1 atom stereocenters. The molecule has 3 aromatic heterocycles. The van der Waals surface area contributed by atoms with E-state index < -0.39 is 6.04 Å². The maximum absolute atomic E-state index is 12.9. The van der Waals surface area contributed by atoms with Crippen LogP contribution in [0.3, 0.4) is 0 Å². The quantitative estimate of drug-likeness (QED) is 0.413. The van der Waals surface area contributed by atoms with Gasteiger partial charge in [-0.05, 0) is 12.1 Å². The molecule has 2 fully saturated rings. The molecule has 0 spiro atoms. The highest BCUT2D eigenvalue weighted by Gasteiger charge is 2.38. The maximum atomic E-state index is 12.9. The normalized spacial score (nSPS) is 18.5. The number of amides is 2. The number of carbonyl (C=O) groups excluding carboxylic acids is 2. The van der Waals surface area contributed by atoms with Crippen LogP contribution in [-0.4, -0.2) is 83.0 Å². The molecule has 1 aromatic carbocycles. The number of β-lactam (4-membered cyclic amide) rings is 1. The van der Waals surface area contributed by atoms with E-state index in [0.717, 1.165) is 27.0 Å². The van der Waals surface area contributed by atoms with E-state index in [9.17, 15) is 9.59 Å². The Labute approximate surface area is 197 Å². The van der Waals surface area contributed by atoms with Crippen molar-refractivity contribution in [1.29, 1.82) is 0 Å². The number of morpholine rings is 1. The molecular weight excluding hydrogens is 458 g/mol. The Kier molecular flexibility index (Phi) is 5.12. The SMILES string of the molecule is CON1CC(NC(=O)c2cc3nc(-c4cccc5[nH]ncc45)nc(N4CCOCC4)c3s2)C1=O. The Morgan fingerprint density at radius 3 is 2.94 bits per heavy atom. The minimum Gasteiger partial charge on any atom is -0.378 e. The van der Waals surface area contributed by atoms with Gasteiger partial charge in [-0.15, -0.1) is 11.3 Å². The topological polar surface area (TPSA) is 126 Å². The van der Waals surface area contributed by atoms with E-state index in [2.05, 4.69) is 20.4 Å². The zero-order valence-electron chi connectivity index (χ0n) is 18.3. The maximum Gasteiger partial charge on any atom is 0.270 e. The van der Waals surface area contributed by atoms with Crippen LogP contribution in [0, 0.1) is 0 Å². The first-order valence-electron chi connectivity index (χ1n) is 10.9. The van der Waals surface area contributed by atoms with E-state index in [0.29, 0.717) is 49.1 Å². The number of H-pyrrole nitrogens is 1. The van der Waals surface area contributed by atoms with Crippen molar-refractivity contribution in [2.75, 3.05) is 44.9 Å². The van der Waals surface area contributed by atoms with Gasteiger partial charge >= 0.3 is 0 Å². The minimum atomic E-state index is -0.586. The van der Waals surface area contributed by atoms with Gasteiger partial charge in [0, 0.05) is 24.0 Å². The third-order valence-electron chi connectivity index (χ3n) is 6.03. The average Bonchev–Trinajstić information content (AvgIpc) is 3.53. The fourth-order valence-corrected chi connectivity index (χ4v) is 5.21. The molecule has 174 valence electrons. The lowest BCUT2D eigenvalue weighted by Crippen LogP contribution is -2.63. The third kappa shape index (κ3) is 3.47. The number of hydrogen-bond donors (Lipinski definition) is 2. The molecule has 34 heavy (non-hydrogen) atoms. The number of fused-ring (bicyclic) bond motifs is 2. The van der Waals surface area contributed by atoms with Crippen molar-refractivity contribution in [2.45, 2.75) is 6.04 Å². The number of ether oxygens (including phenoxy) is 1. The molecule has 2 aliphatic heterocycles. The van der Waals surface area contributed by atoms with Crippen molar-refractivity contribution in [1.82, 2.24) is 30.5 Å². The first-order chi connectivity index (χ1) is 16.6. The molecule has 1 unspecified atom stereocenters. The Bertz CT molecular complexity index is 1410. The van der Waals surface area contributed by atoms with Gasteiger partial charge in [-0.25, -0.2) is 15.0 Å². The first kappa shape index (κ1) is 21.0. The molecule has 2 N–H and O–H groups in total. The van der Waals surface area contributed by atoms with Gasteiger partial charge in [0.05, 0.1) is 53.7 Å². The summed E-state index contributed by atoms with van der Waals surface area (Å²) in [5.41, 5.74) is 2.44. The Morgan fingerprint density at radius 1 is 1.29 bits per heavy atom. The summed E-state index contributed by atoms with van der Waals surface area (Å²) in [4.78, 5) is 42.3. The van der Waals surface area contributed by atoms with E-state index in [4.69, 9.17) is 19.5 Å². The number of benzene rings is 1. The van der Waals surface area contributed by atoms with E-state index in [-0.39, 0.29) is 11.8 Å². The summed E-state index contributed by atoms with van der Waals surface area (Å²) >= 11 is 1.32. The molecule has 12 heteroatoms. The van der Waals surface area contributed by atoms with Gasteiger partial charge in [-0.2, -0.15) is 5.10 Å². The van der Waals surface area contributed by atoms with Gasteiger partial charge in [0.1, 0.15) is 6.04 Å². The lowest BCUT2D eigenvalue weighted by Gasteiger charge is -2.35. The van der Waals surface area contributed by atoms with E-state index in [1.807, 2.05) is 18.2 Å². The number of nitrogens with zero attached hydrogens (tertiary/aromatic N) is 5. The summed E-state index contributed by atoms with van der Waals surface area (Å²) < 4.78 is 6.35. The Hall–Kier alpha value is -3.61. The fraction of sp³-hybridized carbons (Fsp3) is 0.318. The molecule has 2 amide bonds. The summed E-state index contributed by atoms with van der Waals surface area (Å²) in [7, 11) is 1.43. The standard InChI is InChI=1S/C22H21N7O4S/c1-32-29-11-16(22(29)31)25-21(30)17-9-15-18(34-17)20(28-5-7-33-8-6-28)26-19(24-15)12-3-2-4-14-13(12)10-23-27-14/h2-4,9-10,16H,5-8,11H2,1H3,(H,23,27)(H,25,30). The highest BCUT2D eigenvalue weighted by molar-refractivity contribution is 7.21. The second-order valence-electron chi connectivity index (χ2n) is 8.04. The van der Waals surface area contributed by atoms with E-state index in [1.54, 1.807) is 12.3 Å². The number of hydrogen-bond acceptors (Lipinski definition) is 9. The molecule has 2 aliphatic rings. The van der Waals surface area contributed by atoms with Crippen molar-refractivity contribution in [3.63, 3.8) is 0 Å². The lowest BCUT2D eigenvalue weighted by atomic mass is 10.1. The number of carbonyl (C=O) groups is 2. The summed E-state index contributed by atoms with van der Waals surface area (Å²) in [5.74, 6) is 0.763. The van der Waals surface area contributed by atoms with Gasteiger partial charge in [-0.1, -0.05) is 12.1 Å². The van der Waals surface area contributed by atoms with Gasteiger partial charge in [-0.3, -0.25) is 19.5 Å². The van der Waals surface area contributed by atoms with Gasteiger partial charge < -0.3 is 15.0 Å². The van der Waals surface area contributed by atoms with E-state index >= 15 is 0 Å². The Morgan fingerprint density at radius 2 is 2.15 bits per heavy atom. The van der Waals surface area contributed by atoms with Crippen molar-refractivity contribution < 1.29 is 19.2 Å². The van der Waals surface area contributed by atoms with Crippen LogP contribution in [0.4, 0.5) is 5.82 Å². The predicted octanol–water partition coefficient (Wildman–Crippen LogP) is 1.57. The molecule has 4 aromatic rings. The summed E-state index contributed by atoms with van der Waals surface area (Å²) in [6, 6.07) is 7.02. The minimum absolute atomic E-state index is 0.263. The van der Waals surface area contributed by atoms with Crippen molar-refractivity contribution in [3.8, 4) is 11.4 Å². The number of nitrogens with one attached hydrogen (secondary N) is 2. The zero-order valence-corrected chi connectivity index (χ0v) is 19.1. The van der Waals surface area contributed by atoms with Gasteiger partial charge in [0.15, 0.2) is 11.6 Å². The second-order valence-corrected chi connectivity index (χ2v) is 9.09. The summed E-state index contributed by atoms with van der Waals surface area (Å²) in [5, 5.41) is 12.0. The van der Waals surface area contributed by atoms with Crippen LogP contribution < -0.4 is 10.2 Å². The number of hydroxylamine groups is 2. The number of aromatic nitrogens is 4. The largest absolute Gasteiger partial charge is 0.378 e. The monoisotopic (exact) mass is 479 g/mol. The third-order valence-corrected chi connectivity index (χ3v) is 7.15. The highest BCUT2D eigenvalue weighted by atomic mass is 32.1. The number of thiophene rings is 1. The second kappa shape index (κ2) is 8.31. The summed E-state index contributed by atoms with van der Waals surface area (Å²) in [6.45, 7) is 2.94. The smallest absolute Gasteiger partial charge is 0.270 e. The molecule has 11 nitrogen and oxygen atoms in total. The van der Waals surface area contributed by atoms with Crippen LogP contribution in [0.2, 0.25) is 0 Å². The number of anilines is 1. The molecule has 0 aliphatic carbocycles. The van der Waals surface area contributed by atoms with Crippen LogP contribution >= 0.6 is 11.3 Å². The molecule has 2 saturated heterocycles. The van der Waals surface area contributed by atoms with Gasteiger partial charge in [0.25, 0.3) is 11.8 Å². The first-order valence-corrected chi connectivity index (χ1v) is 11.7. The fourth-order valence-electron chi connectivity index (χ4n) is 4.20. The molecule has 5 heterocycles. The van der Waals surface area contributed by atoms with Crippen LogP contribution in [0.15, 0.2) is 30.5 Å². The highest BCUT2D eigenvalue weighted by Crippen LogP contribution is 2.36. The molecule has 0 bridgehead atoms.